The lowest BCUT2D eigenvalue weighted by Crippen LogP contribution is -2.27. The van der Waals surface area contributed by atoms with Gasteiger partial charge in [0.15, 0.2) is 0 Å². The van der Waals surface area contributed by atoms with Crippen molar-refractivity contribution in [3.8, 4) is 0 Å². The first-order valence-electron chi connectivity index (χ1n) is 8.94. The normalized spacial score (nSPS) is 16.9. The zero-order valence-corrected chi connectivity index (χ0v) is 17.7. The average Bonchev–Trinajstić information content (AvgIpc) is 3.15. The van der Waals surface area contributed by atoms with E-state index in [1.165, 1.54) is 4.41 Å². The maximum Gasteiger partial charge on any atom is 0.279 e. The molecule has 4 rings (SSSR count). The smallest absolute Gasteiger partial charge is 0.200 e. The van der Waals surface area contributed by atoms with E-state index in [4.69, 9.17) is 0 Å². The summed E-state index contributed by atoms with van der Waals surface area (Å²) < 4.78 is 28.9. The number of benzene rings is 3. The average molecular weight is 455 g/mol. The second kappa shape index (κ2) is 7.53. The molecule has 1 aliphatic rings. The van der Waals surface area contributed by atoms with E-state index in [1.54, 1.807) is 30.3 Å². The van der Waals surface area contributed by atoms with Crippen LogP contribution in [0.4, 0.5) is 0 Å². The molecule has 0 aliphatic carbocycles. The van der Waals surface area contributed by atoms with Crippen LogP contribution < -0.4 is 0 Å². The molecule has 4 nitrogen and oxygen atoms in total. The van der Waals surface area contributed by atoms with Gasteiger partial charge in [-0.1, -0.05) is 76.1 Å². The highest BCUT2D eigenvalue weighted by Crippen LogP contribution is 2.37. The number of halogens is 1. The summed E-state index contributed by atoms with van der Waals surface area (Å²) in [5.74, 6) is 0. The van der Waals surface area contributed by atoms with Crippen LogP contribution in [0.3, 0.4) is 0 Å². The summed E-state index contributed by atoms with van der Waals surface area (Å²) in [4.78, 5) is 0.242. The fraction of sp³-hybridized carbons (Fsp3) is 0.136. The summed E-state index contributed by atoms with van der Waals surface area (Å²) >= 11 is 3.48. The summed E-state index contributed by atoms with van der Waals surface area (Å²) in [6.45, 7) is 2.00. The van der Waals surface area contributed by atoms with Gasteiger partial charge in [-0.25, -0.2) is 0 Å². The van der Waals surface area contributed by atoms with E-state index in [0.717, 1.165) is 26.9 Å². The van der Waals surface area contributed by atoms with E-state index in [-0.39, 0.29) is 10.9 Å². The number of hydrogen-bond donors (Lipinski definition) is 0. The lowest BCUT2D eigenvalue weighted by molar-refractivity contribution is 0.371. The quantitative estimate of drug-likeness (QED) is 0.536. The molecule has 6 heteroatoms. The van der Waals surface area contributed by atoms with E-state index in [1.807, 2.05) is 55.5 Å². The van der Waals surface area contributed by atoms with Gasteiger partial charge in [0.25, 0.3) is 10.0 Å². The van der Waals surface area contributed by atoms with Gasteiger partial charge < -0.3 is 0 Å². The van der Waals surface area contributed by atoms with Gasteiger partial charge in [-0.15, -0.1) is 0 Å². The lowest BCUT2D eigenvalue weighted by atomic mass is 9.98. The van der Waals surface area contributed by atoms with Gasteiger partial charge in [0.2, 0.25) is 0 Å². The zero-order valence-electron chi connectivity index (χ0n) is 15.3. The minimum atomic E-state index is -3.77. The van der Waals surface area contributed by atoms with Gasteiger partial charge >= 0.3 is 0 Å². The second-order valence-corrected chi connectivity index (χ2v) is 9.49. The Morgan fingerprint density at radius 3 is 2.43 bits per heavy atom. The van der Waals surface area contributed by atoms with Crippen molar-refractivity contribution in [1.29, 1.82) is 0 Å². The maximum absolute atomic E-state index is 13.4. The molecule has 142 valence electrons. The molecule has 0 spiro atoms. The Hall–Kier alpha value is -2.44. The van der Waals surface area contributed by atoms with Crippen LogP contribution in [0.5, 0.6) is 0 Å². The van der Waals surface area contributed by atoms with Gasteiger partial charge in [0.1, 0.15) is 0 Å². The Bertz CT molecular complexity index is 1140. The second-order valence-electron chi connectivity index (χ2n) is 6.78. The third-order valence-electron chi connectivity index (χ3n) is 4.74. The van der Waals surface area contributed by atoms with Crippen LogP contribution >= 0.6 is 15.9 Å². The predicted octanol–water partition coefficient (Wildman–Crippen LogP) is 5.30. The van der Waals surface area contributed by atoms with Crippen LogP contribution in [0.1, 0.15) is 29.2 Å². The third kappa shape index (κ3) is 3.62. The monoisotopic (exact) mass is 454 g/mol. The first kappa shape index (κ1) is 18.9. The summed E-state index contributed by atoms with van der Waals surface area (Å²) in [5.41, 5.74) is 3.70. The predicted molar refractivity (Wildman–Crippen MR) is 115 cm³/mol. The fourth-order valence-electron chi connectivity index (χ4n) is 3.38. The number of hydrogen-bond acceptors (Lipinski definition) is 3. The first-order chi connectivity index (χ1) is 13.4. The number of hydrazone groups is 1. The summed E-state index contributed by atoms with van der Waals surface area (Å²) in [5, 5.41) is 4.58. The van der Waals surface area contributed by atoms with Gasteiger partial charge in [0, 0.05) is 10.9 Å². The Morgan fingerprint density at radius 2 is 1.71 bits per heavy atom. The molecule has 0 aromatic heterocycles. The molecule has 1 atom stereocenters. The number of aryl methyl sites for hydroxylation is 1. The van der Waals surface area contributed by atoms with Crippen LogP contribution in [0.15, 0.2) is 93.3 Å². The highest BCUT2D eigenvalue weighted by atomic mass is 79.9. The molecule has 1 aliphatic heterocycles. The van der Waals surface area contributed by atoms with E-state index >= 15 is 0 Å². The molecule has 0 bridgehead atoms. The molecule has 0 N–H and O–H groups in total. The van der Waals surface area contributed by atoms with Gasteiger partial charge in [-0.05, 0) is 42.3 Å². The highest BCUT2D eigenvalue weighted by Gasteiger charge is 2.37. The van der Waals surface area contributed by atoms with Crippen molar-refractivity contribution in [2.24, 2.45) is 5.10 Å². The largest absolute Gasteiger partial charge is 0.279 e. The van der Waals surface area contributed by atoms with Crippen molar-refractivity contribution in [2.45, 2.75) is 24.3 Å². The van der Waals surface area contributed by atoms with E-state index < -0.39 is 10.0 Å². The SMILES string of the molecule is Cc1cccc(C2CC(c3cccc(Br)c3)=NN2S(=O)(=O)c2ccccc2)c1. The topological polar surface area (TPSA) is 49.7 Å². The Kier molecular flexibility index (Phi) is 5.08. The molecule has 0 saturated heterocycles. The van der Waals surface area contributed by atoms with Crippen molar-refractivity contribution < 1.29 is 8.42 Å². The molecule has 28 heavy (non-hydrogen) atoms. The van der Waals surface area contributed by atoms with Crippen molar-refractivity contribution in [3.63, 3.8) is 0 Å². The third-order valence-corrected chi connectivity index (χ3v) is 6.93. The van der Waals surface area contributed by atoms with E-state index in [0.29, 0.717) is 6.42 Å². The zero-order chi connectivity index (χ0) is 19.7. The van der Waals surface area contributed by atoms with Crippen LogP contribution in [-0.4, -0.2) is 18.5 Å². The lowest BCUT2D eigenvalue weighted by Gasteiger charge is -2.23. The number of rotatable bonds is 4. The molecule has 0 amide bonds. The summed E-state index contributed by atoms with van der Waals surface area (Å²) in [6, 6.07) is 23.8. The molecular weight excluding hydrogens is 436 g/mol. The van der Waals surface area contributed by atoms with Crippen molar-refractivity contribution in [3.05, 3.63) is 100 Å². The molecule has 1 unspecified atom stereocenters. The van der Waals surface area contributed by atoms with Gasteiger partial charge in [-0.2, -0.15) is 17.9 Å². The highest BCUT2D eigenvalue weighted by molar-refractivity contribution is 9.10. The molecule has 0 radical (unpaired) electrons. The van der Waals surface area contributed by atoms with Gasteiger partial charge in [0.05, 0.1) is 16.6 Å². The van der Waals surface area contributed by atoms with Crippen LogP contribution in [0, 0.1) is 6.92 Å². The molecule has 3 aromatic rings. The Labute approximate surface area is 173 Å². The van der Waals surface area contributed by atoms with Gasteiger partial charge in [-0.3, -0.25) is 0 Å². The first-order valence-corrected chi connectivity index (χ1v) is 11.2. The fourth-order valence-corrected chi connectivity index (χ4v) is 5.23. The van der Waals surface area contributed by atoms with Crippen molar-refractivity contribution >= 4 is 31.7 Å². The number of sulfonamides is 1. The molecular formula is C22H19BrN2O2S. The minimum absolute atomic E-state index is 0.242. The van der Waals surface area contributed by atoms with Crippen LogP contribution in [-0.2, 0) is 10.0 Å². The molecule has 0 saturated carbocycles. The number of nitrogens with zero attached hydrogens (tertiary/aromatic N) is 2. The maximum atomic E-state index is 13.4. The van der Waals surface area contributed by atoms with Crippen molar-refractivity contribution in [1.82, 2.24) is 4.41 Å². The summed E-state index contributed by atoms with van der Waals surface area (Å²) in [6.07, 6.45) is 0.520. The Balaban J connectivity index is 1.82. The van der Waals surface area contributed by atoms with E-state index in [2.05, 4.69) is 21.0 Å². The Morgan fingerprint density at radius 1 is 0.964 bits per heavy atom. The van der Waals surface area contributed by atoms with Crippen LogP contribution in [0.25, 0.3) is 0 Å². The van der Waals surface area contributed by atoms with Crippen molar-refractivity contribution in [2.75, 3.05) is 0 Å². The summed E-state index contributed by atoms with van der Waals surface area (Å²) in [7, 11) is -3.77. The minimum Gasteiger partial charge on any atom is -0.200 e. The van der Waals surface area contributed by atoms with E-state index in [9.17, 15) is 8.42 Å². The molecule has 1 heterocycles. The van der Waals surface area contributed by atoms with Crippen LogP contribution in [0.2, 0.25) is 0 Å². The standard InChI is InChI=1S/C22H19BrN2O2S/c1-16-7-5-9-18(13-16)22-15-21(17-8-6-10-19(23)14-17)24-25(22)28(26,27)20-11-3-2-4-12-20/h2-14,22H,15H2,1H3. The molecule has 0 fully saturated rings. The molecule has 3 aromatic carbocycles.